The summed E-state index contributed by atoms with van der Waals surface area (Å²) in [4.78, 5) is 27.7. The van der Waals surface area contributed by atoms with E-state index in [1.165, 1.54) is 0 Å². The number of benzene rings is 2. The van der Waals surface area contributed by atoms with Gasteiger partial charge in [0.15, 0.2) is 0 Å². The lowest BCUT2D eigenvalue weighted by atomic mass is 9.95. The highest BCUT2D eigenvalue weighted by molar-refractivity contribution is 5.98. The molecule has 31 heavy (non-hydrogen) atoms. The Kier molecular flexibility index (Phi) is 8.06. The Balaban J connectivity index is 1.94. The monoisotopic (exact) mass is 422 g/mol. The molecule has 0 radical (unpaired) electrons. The minimum Gasteiger partial charge on any atom is -0.338 e. The molecule has 3 N–H and O–H groups in total. The van der Waals surface area contributed by atoms with E-state index < -0.39 is 0 Å². The minimum absolute atomic E-state index is 0.0727. The van der Waals surface area contributed by atoms with E-state index in [0.717, 1.165) is 47.5 Å². The molecule has 3 amide bonds. The van der Waals surface area contributed by atoms with Crippen LogP contribution in [0, 0.1) is 5.92 Å². The number of rotatable bonds is 7. The van der Waals surface area contributed by atoms with Crippen molar-refractivity contribution >= 4 is 17.6 Å². The van der Waals surface area contributed by atoms with Crippen LogP contribution in [0.4, 0.5) is 10.5 Å². The molecule has 1 aliphatic heterocycles. The molecule has 0 unspecified atom stereocenters. The van der Waals surface area contributed by atoms with Crippen molar-refractivity contribution < 1.29 is 9.59 Å². The molecule has 166 valence electrons. The second kappa shape index (κ2) is 11.0. The first-order valence-electron chi connectivity index (χ1n) is 11.2. The highest BCUT2D eigenvalue weighted by Crippen LogP contribution is 2.26. The van der Waals surface area contributed by atoms with Gasteiger partial charge in [0.1, 0.15) is 0 Å². The van der Waals surface area contributed by atoms with E-state index in [2.05, 4.69) is 41.9 Å². The highest BCUT2D eigenvalue weighted by Gasteiger charge is 2.22. The fraction of sp³-hybridized carbons (Fsp3) is 0.440. The van der Waals surface area contributed by atoms with Crippen LogP contribution in [0.15, 0.2) is 42.5 Å². The second-order valence-electron chi connectivity index (χ2n) is 8.45. The van der Waals surface area contributed by atoms with Crippen molar-refractivity contribution in [2.24, 2.45) is 5.92 Å². The Hall–Kier alpha value is -2.86. The number of carbonyl (C=O) groups is 2. The van der Waals surface area contributed by atoms with Crippen LogP contribution < -0.4 is 16.0 Å². The number of nitrogens with one attached hydrogen (secondary N) is 3. The number of anilines is 1. The standard InChI is InChI=1S/C25H34N4O2/c1-4-20-16-23(28-25(31)27-17-18(2)3)21(14-19-8-6-5-7-9-19)15-22(20)24(30)29-12-10-26-11-13-29/h5-9,15-16,18,26H,4,10-14,17H2,1-3H3,(H2,27,28,31). The third-order valence-electron chi connectivity index (χ3n) is 5.50. The molecule has 1 heterocycles. The van der Waals surface area contributed by atoms with Gasteiger partial charge in [-0.3, -0.25) is 4.79 Å². The summed E-state index contributed by atoms with van der Waals surface area (Å²) in [6, 6.07) is 13.9. The summed E-state index contributed by atoms with van der Waals surface area (Å²) in [5, 5.41) is 9.23. The van der Waals surface area contributed by atoms with Crippen LogP contribution in [0.25, 0.3) is 0 Å². The zero-order chi connectivity index (χ0) is 22.2. The molecule has 0 bridgehead atoms. The summed E-state index contributed by atoms with van der Waals surface area (Å²) in [6.45, 7) is 9.85. The van der Waals surface area contributed by atoms with Crippen molar-refractivity contribution in [3.63, 3.8) is 0 Å². The summed E-state index contributed by atoms with van der Waals surface area (Å²) in [5.74, 6) is 0.447. The Morgan fingerprint density at radius 1 is 1.06 bits per heavy atom. The molecule has 0 spiro atoms. The molecular formula is C25H34N4O2. The zero-order valence-electron chi connectivity index (χ0n) is 18.8. The predicted octanol–water partition coefficient (Wildman–Crippen LogP) is 3.66. The van der Waals surface area contributed by atoms with E-state index in [1.807, 2.05) is 42.2 Å². The lowest BCUT2D eigenvalue weighted by Crippen LogP contribution is -2.46. The van der Waals surface area contributed by atoms with E-state index in [0.29, 0.717) is 32.0 Å². The fourth-order valence-electron chi connectivity index (χ4n) is 3.76. The zero-order valence-corrected chi connectivity index (χ0v) is 18.8. The minimum atomic E-state index is -0.216. The molecule has 6 heteroatoms. The summed E-state index contributed by atoms with van der Waals surface area (Å²) in [5.41, 5.74) is 4.54. The molecule has 1 saturated heterocycles. The van der Waals surface area contributed by atoms with Crippen molar-refractivity contribution in [2.45, 2.75) is 33.6 Å². The van der Waals surface area contributed by atoms with Gasteiger partial charge >= 0.3 is 6.03 Å². The molecule has 0 atom stereocenters. The van der Waals surface area contributed by atoms with Crippen LogP contribution in [-0.4, -0.2) is 49.6 Å². The topological polar surface area (TPSA) is 73.5 Å². The van der Waals surface area contributed by atoms with Crippen LogP contribution in [0.1, 0.15) is 47.8 Å². The van der Waals surface area contributed by atoms with Gasteiger partial charge in [-0.1, -0.05) is 51.1 Å². The van der Waals surface area contributed by atoms with Crippen molar-refractivity contribution in [3.05, 3.63) is 64.7 Å². The second-order valence-corrected chi connectivity index (χ2v) is 8.45. The molecule has 1 aliphatic rings. The third-order valence-corrected chi connectivity index (χ3v) is 5.50. The molecule has 0 saturated carbocycles. The van der Waals surface area contributed by atoms with Crippen LogP contribution in [-0.2, 0) is 12.8 Å². The average Bonchev–Trinajstić information content (AvgIpc) is 2.79. The van der Waals surface area contributed by atoms with E-state index in [9.17, 15) is 9.59 Å². The van der Waals surface area contributed by atoms with E-state index in [-0.39, 0.29) is 11.9 Å². The maximum atomic E-state index is 13.3. The number of urea groups is 1. The van der Waals surface area contributed by atoms with Crippen molar-refractivity contribution in [3.8, 4) is 0 Å². The molecule has 2 aromatic rings. The van der Waals surface area contributed by atoms with Crippen molar-refractivity contribution in [2.75, 3.05) is 38.0 Å². The molecule has 3 rings (SSSR count). The number of nitrogens with zero attached hydrogens (tertiary/aromatic N) is 1. The lowest BCUT2D eigenvalue weighted by molar-refractivity contribution is 0.0734. The number of amides is 3. The smallest absolute Gasteiger partial charge is 0.319 e. The van der Waals surface area contributed by atoms with E-state index in [1.54, 1.807) is 0 Å². The van der Waals surface area contributed by atoms with Gasteiger partial charge < -0.3 is 20.9 Å². The van der Waals surface area contributed by atoms with Crippen LogP contribution in [0.3, 0.4) is 0 Å². The summed E-state index contributed by atoms with van der Waals surface area (Å²) >= 11 is 0. The van der Waals surface area contributed by atoms with Crippen LogP contribution >= 0.6 is 0 Å². The normalized spacial score (nSPS) is 13.9. The van der Waals surface area contributed by atoms with Crippen molar-refractivity contribution in [1.29, 1.82) is 0 Å². The first-order valence-corrected chi connectivity index (χ1v) is 11.2. The number of piperazine rings is 1. The Labute approximate surface area is 185 Å². The maximum absolute atomic E-state index is 13.3. The molecule has 0 aromatic heterocycles. The van der Waals surface area contributed by atoms with Crippen LogP contribution in [0.5, 0.6) is 0 Å². The number of carbonyl (C=O) groups excluding carboxylic acids is 2. The fourth-order valence-corrected chi connectivity index (χ4v) is 3.76. The van der Waals surface area contributed by atoms with Gasteiger partial charge in [-0.25, -0.2) is 4.79 Å². The van der Waals surface area contributed by atoms with Gasteiger partial charge in [-0.2, -0.15) is 0 Å². The van der Waals surface area contributed by atoms with Gasteiger partial charge in [0.25, 0.3) is 5.91 Å². The Morgan fingerprint density at radius 3 is 2.42 bits per heavy atom. The first-order chi connectivity index (χ1) is 15.0. The largest absolute Gasteiger partial charge is 0.338 e. The molecule has 6 nitrogen and oxygen atoms in total. The first kappa shape index (κ1) is 22.8. The lowest BCUT2D eigenvalue weighted by Gasteiger charge is -2.28. The Bertz CT molecular complexity index is 890. The van der Waals surface area contributed by atoms with E-state index >= 15 is 0 Å². The molecule has 2 aromatic carbocycles. The van der Waals surface area contributed by atoms with Gasteiger partial charge in [0, 0.05) is 44.0 Å². The third kappa shape index (κ3) is 6.31. The quantitative estimate of drug-likeness (QED) is 0.638. The van der Waals surface area contributed by atoms with Crippen LogP contribution in [0.2, 0.25) is 0 Å². The van der Waals surface area contributed by atoms with Gasteiger partial charge in [-0.05, 0) is 47.6 Å². The number of hydrogen-bond donors (Lipinski definition) is 3. The summed E-state index contributed by atoms with van der Waals surface area (Å²) in [7, 11) is 0. The highest BCUT2D eigenvalue weighted by atomic mass is 16.2. The molecule has 0 aliphatic carbocycles. The Morgan fingerprint density at radius 2 is 1.77 bits per heavy atom. The SMILES string of the molecule is CCc1cc(NC(=O)NCC(C)C)c(Cc2ccccc2)cc1C(=O)N1CCNCC1. The maximum Gasteiger partial charge on any atom is 0.319 e. The van der Waals surface area contributed by atoms with Gasteiger partial charge in [0.05, 0.1) is 0 Å². The van der Waals surface area contributed by atoms with Crippen molar-refractivity contribution in [1.82, 2.24) is 15.5 Å². The van der Waals surface area contributed by atoms with Gasteiger partial charge in [0.2, 0.25) is 0 Å². The average molecular weight is 423 g/mol. The molecular weight excluding hydrogens is 388 g/mol. The van der Waals surface area contributed by atoms with Gasteiger partial charge in [-0.15, -0.1) is 0 Å². The number of hydrogen-bond acceptors (Lipinski definition) is 3. The predicted molar refractivity (Wildman–Crippen MR) is 126 cm³/mol. The number of aryl methyl sites for hydroxylation is 1. The van der Waals surface area contributed by atoms with E-state index in [4.69, 9.17) is 0 Å². The summed E-state index contributed by atoms with van der Waals surface area (Å²) in [6.07, 6.45) is 1.37. The molecule has 1 fully saturated rings. The summed E-state index contributed by atoms with van der Waals surface area (Å²) < 4.78 is 0.